The molecule has 218 valence electrons. The molecule has 0 amide bonds. The van der Waals surface area contributed by atoms with Gasteiger partial charge in [0.2, 0.25) is 0 Å². The largest absolute Gasteiger partial charge is 0.481 e. The van der Waals surface area contributed by atoms with Crippen molar-refractivity contribution in [2.45, 2.75) is 105 Å². The minimum Gasteiger partial charge on any atom is -0.481 e. The van der Waals surface area contributed by atoms with E-state index in [0.29, 0.717) is 6.42 Å². The highest BCUT2D eigenvalue weighted by atomic mass is 32.2. The van der Waals surface area contributed by atoms with Gasteiger partial charge in [-0.05, 0) is 105 Å². The average molecular weight is 559 g/mol. The zero-order valence-electron chi connectivity index (χ0n) is 25.9. The van der Waals surface area contributed by atoms with Crippen LogP contribution in [0.4, 0.5) is 4.39 Å². The number of allylic oxidation sites excluding steroid dienone is 1. The number of carboxylic acid groups (broad SMARTS) is 1. The molecule has 0 spiro atoms. The third kappa shape index (κ3) is 7.49. The van der Waals surface area contributed by atoms with Crippen LogP contribution in [0.1, 0.15) is 110 Å². The molecule has 0 radical (unpaired) electrons. The van der Waals surface area contributed by atoms with E-state index in [1.54, 1.807) is 23.9 Å². The van der Waals surface area contributed by atoms with Gasteiger partial charge in [0.15, 0.2) is 0 Å². The maximum absolute atomic E-state index is 14.5. The van der Waals surface area contributed by atoms with Crippen LogP contribution >= 0.6 is 11.8 Å². The predicted octanol–water partition coefficient (Wildman–Crippen LogP) is 8.52. The molecule has 1 saturated heterocycles. The van der Waals surface area contributed by atoms with E-state index in [-0.39, 0.29) is 34.0 Å². The lowest BCUT2D eigenvalue weighted by Crippen LogP contribution is -2.41. The molecule has 0 aromatic heterocycles. The highest BCUT2D eigenvalue weighted by molar-refractivity contribution is 7.99. The number of hydrogen-bond acceptors (Lipinski definition) is 4. The highest BCUT2D eigenvalue weighted by Crippen LogP contribution is 2.46. The number of nitrogens with one attached hydrogen (secondary N) is 1. The van der Waals surface area contributed by atoms with E-state index in [9.17, 15) is 14.3 Å². The zero-order valence-corrected chi connectivity index (χ0v) is 26.7. The van der Waals surface area contributed by atoms with Crippen molar-refractivity contribution in [3.8, 4) is 0 Å². The van der Waals surface area contributed by atoms with Crippen molar-refractivity contribution in [2.24, 2.45) is 16.7 Å². The van der Waals surface area contributed by atoms with Crippen LogP contribution in [0.3, 0.4) is 0 Å². The van der Waals surface area contributed by atoms with Crippen molar-refractivity contribution in [1.82, 2.24) is 10.2 Å². The summed E-state index contributed by atoms with van der Waals surface area (Å²) in [5, 5.41) is 14.4. The molecule has 1 aromatic carbocycles. The molecule has 2 aliphatic rings. The van der Waals surface area contributed by atoms with Gasteiger partial charge in [0.25, 0.3) is 0 Å². The van der Waals surface area contributed by atoms with Crippen LogP contribution < -0.4 is 5.32 Å². The number of piperidine rings is 1. The fraction of sp³-hybridized carbons (Fsp3) is 0.667. The minimum absolute atomic E-state index is 0.0111. The molecular formula is C33H51FN2O2S. The van der Waals surface area contributed by atoms with Crippen LogP contribution in [0, 0.1) is 22.6 Å². The molecule has 4 nitrogen and oxygen atoms in total. The number of nitrogens with zero attached hydrogens (tertiary/aromatic N) is 1. The second-order valence-electron chi connectivity index (χ2n) is 13.8. The van der Waals surface area contributed by atoms with Gasteiger partial charge in [-0.3, -0.25) is 4.79 Å². The summed E-state index contributed by atoms with van der Waals surface area (Å²) in [5.74, 6) is -1.58. The molecule has 0 saturated carbocycles. The van der Waals surface area contributed by atoms with Gasteiger partial charge in [-0.2, -0.15) is 11.8 Å². The number of carboxylic acids is 1. The van der Waals surface area contributed by atoms with Crippen LogP contribution in [0.5, 0.6) is 0 Å². The Kier molecular flexibility index (Phi) is 10.1. The first kappa shape index (κ1) is 31.7. The summed E-state index contributed by atoms with van der Waals surface area (Å²) in [6, 6.07) is 5.01. The Morgan fingerprint density at radius 2 is 1.74 bits per heavy atom. The molecule has 3 rings (SSSR count). The number of thioether (sulfide) groups is 1. The number of carbonyl (C=O) groups is 1. The Balaban J connectivity index is 2.35. The van der Waals surface area contributed by atoms with Gasteiger partial charge in [-0.25, -0.2) is 4.39 Å². The van der Waals surface area contributed by atoms with E-state index in [1.807, 2.05) is 6.07 Å². The summed E-state index contributed by atoms with van der Waals surface area (Å²) >= 11 is 1.75. The molecule has 2 N–H and O–H groups in total. The maximum atomic E-state index is 14.5. The third-order valence-electron chi connectivity index (χ3n) is 8.89. The average Bonchev–Trinajstić information content (AvgIpc) is 2.83. The number of fused-ring (bicyclic) bond motifs is 1. The third-order valence-corrected chi connectivity index (χ3v) is 9.97. The van der Waals surface area contributed by atoms with Crippen molar-refractivity contribution in [3.63, 3.8) is 0 Å². The van der Waals surface area contributed by atoms with Gasteiger partial charge in [-0.1, -0.05) is 46.3 Å². The summed E-state index contributed by atoms with van der Waals surface area (Å²) < 4.78 is 14.5. The molecule has 39 heavy (non-hydrogen) atoms. The summed E-state index contributed by atoms with van der Waals surface area (Å²) in [6.07, 6.45) is 5.65. The fourth-order valence-electron chi connectivity index (χ4n) is 6.21. The lowest BCUT2D eigenvalue weighted by Gasteiger charge is -2.43. The predicted molar refractivity (Wildman–Crippen MR) is 163 cm³/mol. The standard InChI is InChI=1S/C33H51FN2O2S/c1-20-22(3)35-23(4)27-19-24(34)11-12-25(27)30(39-10)21(2)29(36-17-15-33(8,9)16-18-36)28(20)26(31(37)38)13-14-32(5,6)7/h11-12,19,22-23,26,30,35H,13-18H2,1-10H3,(H,37,38)/b28-20-,29-21+. The molecular weight excluding hydrogens is 507 g/mol. The first-order chi connectivity index (χ1) is 18.1. The Morgan fingerprint density at radius 1 is 1.13 bits per heavy atom. The smallest absolute Gasteiger partial charge is 0.311 e. The Hall–Kier alpha value is -1.79. The lowest BCUT2D eigenvalue weighted by atomic mass is 9.77. The number of halogens is 1. The van der Waals surface area contributed by atoms with Crippen LogP contribution in [0.25, 0.3) is 0 Å². The van der Waals surface area contributed by atoms with Crippen LogP contribution in [0.2, 0.25) is 0 Å². The molecule has 4 atom stereocenters. The quantitative estimate of drug-likeness (QED) is 0.366. The molecule has 0 aliphatic carbocycles. The number of benzene rings is 1. The SMILES string of the molecule is CSC1/C(C)=C(N2CCC(C)(C)CC2)\C(C(CCC(C)(C)C)C(=O)O)=C(\C)C(C)NC(C)c2cc(F)ccc21. The molecule has 2 aliphatic heterocycles. The van der Waals surface area contributed by atoms with Gasteiger partial charge in [0, 0.05) is 30.9 Å². The van der Waals surface area contributed by atoms with Crippen molar-refractivity contribution in [2.75, 3.05) is 19.3 Å². The second kappa shape index (κ2) is 12.4. The monoisotopic (exact) mass is 558 g/mol. The minimum atomic E-state index is -0.753. The molecule has 2 heterocycles. The van der Waals surface area contributed by atoms with E-state index < -0.39 is 11.9 Å². The Labute approximate surface area is 240 Å². The number of likely N-dealkylation sites (tertiary alicyclic amines) is 1. The first-order valence-corrected chi connectivity index (χ1v) is 15.8. The summed E-state index contributed by atoms with van der Waals surface area (Å²) in [4.78, 5) is 15.5. The topological polar surface area (TPSA) is 52.6 Å². The molecule has 1 fully saturated rings. The summed E-state index contributed by atoms with van der Waals surface area (Å²) in [5.41, 5.74) is 6.70. The maximum Gasteiger partial charge on any atom is 0.311 e. The van der Waals surface area contributed by atoms with Gasteiger partial charge < -0.3 is 15.3 Å². The van der Waals surface area contributed by atoms with E-state index in [1.165, 1.54) is 5.57 Å². The van der Waals surface area contributed by atoms with Crippen LogP contribution in [-0.4, -0.2) is 41.4 Å². The summed E-state index contributed by atoms with van der Waals surface area (Å²) in [6.45, 7) is 21.5. The van der Waals surface area contributed by atoms with Crippen LogP contribution in [-0.2, 0) is 4.79 Å². The Morgan fingerprint density at radius 3 is 2.28 bits per heavy atom. The van der Waals surface area contributed by atoms with Crippen molar-refractivity contribution in [1.29, 1.82) is 0 Å². The van der Waals surface area contributed by atoms with Gasteiger partial charge in [-0.15, -0.1) is 0 Å². The van der Waals surface area contributed by atoms with Crippen molar-refractivity contribution in [3.05, 3.63) is 57.6 Å². The van der Waals surface area contributed by atoms with Crippen molar-refractivity contribution >= 4 is 17.7 Å². The number of rotatable bonds is 6. The van der Waals surface area contributed by atoms with E-state index >= 15 is 0 Å². The van der Waals surface area contributed by atoms with Crippen molar-refractivity contribution < 1.29 is 14.3 Å². The normalized spacial score (nSPS) is 29.1. The summed E-state index contributed by atoms with van der Waals surface area (Å²) in [7, 11) is 0. The zero-order chi connectivity index (χ0) is 29.3. The van der Waals surface area contributed by atoms with Gasteiger partial charge >= 0.3 is 5.97 Å². The molecule has 1 aromatic rings. The molecule has 4 unspecified atom stereocenters. The molecule has 6 heteroatoms. The fourth-order valence-corrected chi connectivity index (χ4v) is 7.14. The molecule has 0 bridgehead atoms. The highest BCUT2D eigenvalue weighted by Gasteiger charge is 2.37. The van der Waals surface area contributed by atoms with Gasteiger partial charge in [0.1, 0.15) is 5.82 Å². The lowest BCUT2D eigenvalue weighted by molar-refractivity contribution is -0.140. The van der Waals surface area contributed by atoms with E-state index in [2.05, 4.69) is 78.8 Å². The van der Waals surface area contributed by atoms with E-state index in [4.69, 9.17) is 0 Å². The van der Waals surface area contributed by atoms with Crippen LogP contribution in [0.15, 0.2) is 40.6 Å². The Bertz CT molecular complexity index is 1110. The first-order valence-electron chi connectivity index (χ1n) is 14.5. The van der Waals surface area contributed by atoms with E-state index in [0.717, 1.165) is 60.3 Å². The second-order valence-corrected chi connectivity index (χ2v) is 14.7. The van der Waals surface area contributed by atoms with Gasteiger partial charge in [0.05, 0.1) is 11.2 Å². The number of hydrogen-bond donors (Lipinski definition) is 2. The number of aliphatic carboxylic acids is 1.